The van der Waals surface area contributed by atoms with Crippen molar-refractivity contribution in [2.24, 2.45) is 0 Å². The number of anilines is 1. The molecular weight excluding hydrogens is 288 g/mol. The molecule has 1 unspecified atom stereocenters. The van der Waals surface area contributed by atoms with Crippen molar-refractivity contribution in [1.82, 2.24) is 15.3 Å². The maximum Gasteiger partial charge on any atom is 0.268 e. The van der Waals surface area contributed by atoms with Gasteiger partial charge in [0.15, 0.2) is 0 Å². The topological polar surface area (TPSA) is 61.0 Å². The second-order valence-electron chi connectivity index (χ2n) is 5.86. The highest BCUT2D eigenvalue weighted by Crippen LogP contribution is 2.18. The first-order chi connectivity index (χ1) is 11.3. The number of carbonyl (C=O) groups is 1. The van der Waals surface area contributed by atoms with Gasteiger partial charge in [-0.2, -0.15) is 0 Å². The van der Waals surface area contributed by atoms with E-state index in [-0.39, 0.29) is 11.9 Å². The zero-order valence-corrected chi connectivity index (χ0v) is 12.7. The van der Waals surface area contributed by atoms with Crippen LogP contribution in [0.4, 0.5) is 5.82 Å². The monoisotopic (exact) mass is 306 g/mol. The van der Waals surface area contributed by atoms with Gasteiger partial charge in [0.1, 0.15) is 11.5 Å². The number of nitrogens with zero attached hydrogens (tertiary/aromatic N) is 2. The molecule has 3 aromatic rings. The summed E-state index contributed by atoms with van der Waals surface area (Å²) in [4.78, 5) is 22.2. The van der Waals surface area contributed by atoms with Crippen molar-refractivity contribution in [3.8, 4) is 0 Å². The third-order valence-corrected chi connectivity index (χ3v) is 4.27. The molecule has 3 heterocycles. The van der Waals surface area contributed by atoms with Gasteiger partial charge in [0.25, 0.3) is 5.91 Å². The standard InChI is InChI=1S/C18H18N4O/c23-18(16-11-13-5-1-2-6-15(13)21-16)20-14-8-10-22(12-14)17-7-3-4-9-19-17/h1-7,9,11,14,21H,8,10,12H2,(H,20,23). The second-order valence-corrected chi connectivity index (χ2v) is 5.86. The number of fused-ring (bicyclic) bond motifs is 1. The lowest BCUT2D eigenvalue weighted by atomic mass is 10.2. The number of amides is 1. The number of aromatic nitrogens is 2. The molecule has 116 valence electrons. The smallest absolute Gasteiger partial charge is 0.268 e. The van der Waals surface area contributed by atoms with E-state index in [0.717, 1.165) is 36.2 Å². The predicted molar refractivity (Wildman–Crippen MR) is 90.6 cm³/mol. The molecule has 0 bridgehead atoms. The average molecular weight is 306 g/mol. The molecule has 1 aliphatic heterocycles. The number of rotatable bonds is 3. The fourth-order valence-corrected chi connectivity index (χ4v) is 3.09. The highest BCUT2D eigenvalue weighted by atomic mass is 16.2. The first kappa shape index (κ1) is 13.8. The fourth-order valence-electron chi connectivity index (χ4n) is 3.09. The van der Waals surface area contributed by atoms with Crippen LogP contribution in [0.3, 0.4) is 0 Å². The zero-order valence-electron chi connectivity index (χ0n) is 12.7. The summed E-state index contributed by atoms with van der Waals surface area (Å²) >= 11 is 0. The Morgan fingerprint density at radius 3 is 2.91 bits per heavy atom. The Labute approximate surface area is 134 Å². The molecule has 2 N–H and O–H groups in total. The van der Waals surface area contributed by atoms with Gasteiger partial charge in [0.05, 0.1) is 0 Å². The number of pyridine rings is 1. The van der Waals surface area contributed by atoms with Crippen LogP contribution in [0.2, 0.25) is 0 Å². The lowest BCUT2D eigenvalue weighted by molar-refractivity contribution is 0.0936. The SMILES string of the molecule is O=C(NC1CCN(c2ccccn2)C1)c1cc2ccccc2[nH]1. The minimum absolute atomic E-state index is 0.0472. The van der Waals surface area contributed by atoms with Gasteiger partial charge in [-0.05, 0) is 30.7 Å². The molecular formula is C18H18N4O. The highest BCUT2D eigenvalue weighted by Gasteiger charge is 2.25. The Morgan fingerprint density at radius 2 is 2.09 bits per heavy atom. The highest BCUT2D eigenvalue weighted by molar-refractivity contribution is 5.98. The van der Waals surface area contributed by atoms with Crippen LogP contribution in [0, 0.1) is 0 Å². The molecule has 1 atom stereocenters. The van der Waals surface area contributed by atoms with Gasteiger partial charge in [0, 0.05) is 36.2 Å². The molecule has 1 saturated heterocycles. The number of hydrogen-bond donors (Lipinski definition) is 2. The van der Waals surface area contributed by atoms with Gasteiger partial charge in [-0.1, -0.05) is 24.3 Å². The second kappa shape index (κ2) is 5.76. The third-order valence-electron chi connectivity index (χ3n) is 4.27. The molecule has 1 fully saturated rings. The van der Waals surface area contributed by atoms with Crippen LogP contribution in [-0.4, -0.2) is 35.0 Å². The van der Waals surface area contributed by atoms with Crippen molar-refractivity contribution in [2.45, 2.75) is 12.5 Å². The lowest BCUT2D eigenvalue weighted by Gasteiger charge is -2.17. The van der Waals surface area contributed by atoms with E-state index in [1.54, 1.807) is 6.20 Å². The fraction of sp³-hybridized carbons (Fsp3) is 0.222. The van der Waals surface area contributed by atoms with E-state index in [4.69, 9.17) is 0 Å². The van der Waals surface area contributed by atoms with Crippen molar-refractivity contribution in [3.63, 3.8) is 0 Å². The van der Waals surface area contributed by atoms with Gasteiger partial charge < -0.3 is 15.2 Å². The first-order valence-electron chi connectivity index (χ1n) is 7.84. The van der Waals surface area contributed by atoms with Crippen molar-refractivity contribution < 1.29 is 4.79 Å². The van der Waals surface area contributed by atoms with Crippen LogP contribution in [-0.2, 0) is 0 Å². The summed E-state index contributed by atoms with van der Waals surface area (Å²) in [6.07, 6.45) is 2.73. The number of benzene rings is 1. The normalized spacial score (nSPS) is 17.6. The molecule has 2 aromatic heterocycles. The van der Waals surface area contributed by atoms with Crippen molar-refractivity contribution >= 4 is 22.6 Å². The minimum atomic E-state index is -0.0472. The van der Waals surface area contributed by atoms with E-state index in [1.807, 2.05) is 48.5 Å². The van der Waals surface area contributed by atoms with Crippen molar-refractivity contribution in [3.05, 3.63) is 60.4 Å². The summed E-state index contributed by atoms with van der Waals surface area (Å²) < 4.78 is 0. The molecule has 1 aromatic carbocycles. The van der Waals surface area contributed by atoms with Crippen LogP contribution in [0.1, 0.15) is 16.9 Å². The lowest BCUT2D eigenvalue weighted by Crippen LogP contribution is -2.37. The Balaban J connectivity index is 1.43. The molecule has 1 aliphatic rings. The quantitative estimate of drug-likeness (QED) is 0.782. The number of nitrogens with one attached hydrogen (secondary N) is 2. The summed E-state index contributed by atoms with van der Waals surface area (Å²) in [5.74, 6) is 0.920. The van der Waals surface area contributed by atoms with E-state index >= 15 is 0 Å². The molecule has 23 heavy (non-hydrogen) atoms. The van der Waals surface area contributed by atoms with Gasteiger partial charge >= 0.3 is 0 Å². The van der Waals surface area contributed by atoms with Crippen molar-refractivity contribution in [1.29, 1.82) is 0 Å². The van der Waals surface area contributed by atoms with E-state index in [9.17, 15) is 4.79 Å². The summed E-state index contributed by atoms with van der Waals surface area (Å²) in [6.45, 7) is 1.71. The number of H-pyrrole nitrogens is 1. The molecule has 0 saturated carbocycles. The Kier molecular flexibility index (Phi) is 3.46. The van der Waals surface area contributed by atoms with Crippen LogP contribution in [0.15, 0.2) is 54.7 Å². The van der Waals surface area contributed by atoms with Crippen LogP contribution < -0.4 is 10.2 Å². The number of aromatic amines is 1. The summed E-state index contributed by atoms with van der Waals surface area (Å²) in [5, 5.41) is 4.17. The summed E-state index contributed by atoms with van der Waals surface area (Å²) in [6, 6.07) is 15.9. The third kappa shape index (κ3) is 2.77. The Hall–Kier alpha value is -2.82. The van der Waals surface area contributed by atoms with Crippen LogP contribution >= 0.6 is 0 Å². The Morgan fingerprint density at radius 1 is 1.22 bits per heavy atom. The molecule has 5 heteroatoms. The number of hydrogen-bond acceptors (Lipinski definition) is 3. The number of carbonyl (C=O) groups excluding carboxylic acids is 1. The van der Waals surface area contributed by atoms with Gasteiger partial charge in [-0.25, -0.2) is 4.98 Å². The molecule has 0 spiro atoms. The first-order valence-corrected chi connectivity index (χ1v) is 7.84. The van der Waals surface area contributed by atoms with Crippen LogP contribution in [0.25, 0.3) is 10.9 Å². The molecule has 5 nitrogen and oxygen atoms in total. The number of para-hydroxylation sites is 1. The van der Waals surface area contributed by atoms with E-state index in [0.29, 0.717) is 5.69 Å². The van der Waals surface area contributed by atoms with Gasteiger partial charge in [-0.15, -0.1) is 0 Å². The maximum absolute atomic E-state index is 12.4. The average Bonchev–Trinajstić information content (AvgIpc) is 3.22. The van der Waals surface area contributed by atoms with E-state index in [2.05, 4.69) is 20.2 Å². The van der Waals surface area contributed by atoms with E-state index < -0.39 is 0 Å². The van der Waals surface area contributed by atoms with E-state index in [1.165, 1.54) is 0 Å². The predicted octanol–water partition coefficient (Wildman–Crippen LogP) is 2.57. The van der Waals surface area contributed by atoms with Gasteiger partial charge in [-0.3, -0.25) is 4.79 Å². The largest absolute Gasteiger partial charge is 0.354 e. The summed E-state index contributed by atoms with van der Waals surface area (Å²) in [5.41, 5.74) is 1.60. The van der Waals surface area contributed by atoms with Gasteiger partial charge in [0.2, 0.25) is 0 Å². The van der Waals surface area contributed by atoms with Crippen LogP contribution in [0.5, 0.6) is 0 Å². The minimum Gasteiger partial charge on any atom is -0.354 e. The zero-order chi connectivity index (χ0) is 15.6. The molecule has 4 rings (SSSR count). The molecule has 1 amide bonds. The Bertz CT molecular complexity index is 794. The van der Waals surface area contributed by atoms with Crippen molar-refractivity contribution in [2.75, 3.05) is 18.0 Å². The molecule has 0 aliphatic carbocycles. The molecule has 0 radical (unpaired) electrons. The maximum atomic E-state index is 12.4. The summed E-state index contributed by atoms with van der Waals surface area (Å²) in [7, 11) is 0.